The standard InChI is InChI=1S/C11H20N4O2/c1-3-4-5-15(6-7-16)11(17)10-9(12)8-13-14(10)2/h8,16H,3-7,12H2,1-2H3. The number of nitrogens with zero attached hydrogens (tertiary/aromatic N) is 3. The van der Waals surface area contributed by atoms with E-state index < -0.39 is 0 Å². The molecule has 1 aromatic rings. The first-order chi connectivity index (χ1) is 8.11. The van der Waals surface area contributed by atoms with E-state index in [1.165, 1.54) is 10.9 Å². The van der Waals surface area contributed by atoms with E-state index in [2.05, 4.69) is 12.0 Å². The molecule has 0 atom stereocenters. The molecule has 17 heavy (non-hydrogen) atoms. The Balaban J connectivity index is 2.83. The van der Waals surface area contributed by atoms with Gasteiger partial charge in [0.05, 0.1) is 18.5 Å². The Bertz CT molecular complexity index is 356. The highest BCUT2D eigenvalue weighted by Crippen LogP contribution is 2.13. The van der Waals surface area contributed by atoms with Gasteiger partial charge in [-0.05, 0) is 6.42 Å². The van der Waals surface area contributed by atoms with Crippen molar-refractivity contribution in [3.8, 4) is 0 Å². The topological polar surface area (TPSA) is 84.4 Å². The third kappa shape index (κ3) is 3.20. The van der Waals surface area contributed by atoms with Crippen molar-refractivity contribution in [2.45, 2.75) is 19.8 Å². The first kappa shape index (κ1) is 13.5. The second-order valence-corrected chi connectivity index (χ2v) is 3.94. The normalized spacial score (nSPS) is 10.5. The number of aryl methyl sites for hydroxylation is 1. The van der Waals surface area contributed by atoms with Crippen molar-refractivity contribution in [2.24, 2.45) is 7.05 Å². The number of aliphatic hydroxyl groups is 1. The summed E-state index contributed by atoms with van der Waals surface area (Å²) in [6, 6.07) is 0. The van der Waals surface area contributed by atoms with Crippen molar-refractivity contribution < 1.29 is 9.90 Å². The van der Waals surface area contributed by atoms with Gasteiger partial charge in [0.25, 0.3) is 5.91 Å². The number of unbranched alkanes of at least 4 members (excludes halogenated alkanes) is 1. The zero-order chi connectivity index (χ0) is 12.8. The minimum Gasteiger partial charge on any atom is -0.396 e. The minimum absolute atomic E-state index is 0.0484. The first-order valence-corrected chi connectivity index (χ1v) is 5.79. The number of carbonyl (C=O) groups excluding carboxylic acids is 1. The summed E-state index contributed by atoms with van der Waals surface area (Å²) in [5, 5.41) is 12.9. The summed E-state index contributed by atoms with van der Waals surface area (Å²) in [4.78, 5) is 13.8. The molecule has 0 aliphatic rings. The molecular formula is C11H20N4O2. The molecule has 6 nitrogen and oxygen atoms in total. The minimum atomic E-state index is -0.176. The maximum atomic E-state index is 12.2. The Hall–Kier alpha value is -1.56. The van der Waals surface area contributed by atoms with Gasteiger partial charge >= 0.3 is 0 Å². The van der Waals surface area contributed by atoms with Crippen molar-refractivity contribution in [3.63, 3.8) is 0 Å². The van der Waals surface area contributed by atoms with Gasteiger partial charge in [-0.3, -0.25) is 9.48 Å². The van der Waals surface area contributed by atoms with Gasteiger partial charge in [-0.15, -0.1) is 0 Å². The Labute approximate surface area is 101 Å². The summed E-state index contributed by atoms with van der Waals surface area (Å²) in [5.41, 5.74) is 6.47. The number of anilines is 1. The molecule has 1 amide bonds. The Morgan fingerprint density at radius 3 is 2.76 bits per heavy atom. The summed E-state index contributed by atoms with van der Waals surface area (Å²) >= 11 is 0. The monoisotopic (exact) mass is 240 g/mol. The van der Waals surface area contributed by atoms with Crippen LogP contribution in [0.5, 0.6) is 0 Å². The average molecular weight is 240 g/mol. The zero-order valence-corrected chi connectivity index (χ0v) is 10.4. The number of nitrogens with two attached hydrogens (primary N) is 1. The fourth-order valence-corrected chi connectivity index (χ4v) is 1.65. The first-order valence-electron chi connectivity index (χ1n) is 5.79. The van der Waals surface area contributed by atoms with Crippen LogP contribution in [0.4, 0.5) is 5.69 Å². The van der Waals surface area contributed by atoms with Crippen molar-refractivity contribution in [3.05, 3.63) is 11.9 Å². The largest absolute Gasteiger partial charge is 0.396 e. The number of hydrogen-bond donors (Lipinski definition) is 2. The Morgan fingerprint density at radius 2 is 2.29 bits per heavy atom. The van der Waals surface area contributed by atoms with Crippen LogP contribution >= 0.6 is 0 Å². The van der Waals surface area contributed by atoms with Gasteiger partial charge in [0.15, 0.2) is 0 Å². The average Bonchev–Trinajstić information content (AvgIpc) is 2.63. The third-order valence-electron chi connectivity index (χ3n) is 2.61. The molecule has 0 aromatic carbocycles. The van der Waals surface area contributed by atoms with E-state index in [0.29, 0.717) is 24.5 Å². The van der Waals surface area contributed by atoms with Gasteiger partial charge in [0.2, 0.25) is 0 Å². The van der Waals surface area contributed by atoms with E-state index in [9.17, 15) is 4.79 Å². The molecule has 0 saturated carbocycles. The van der Waals surface area contributed by atoms with Crippen LogP contribution in [-0.4, -0.2) is 45.4 Å². The van der Waals surface area contributed by atoms with Crippen LogP contribution in [0.2, 0.25) is 0 Å². The molecule has 0 aliphatic carbocycles. The number of carbonyl (C=O) groups is 1. The Morgan fingerprint density at radius 1 is 1.59 bits per heavy atom. The van der Waals surface area contributed by atoms with Crippen molar-refractivity contribution in [1.29, 1.82) is 0 Å². The SMILES string of the molecule is CCCCN(CCO)C(=O)c1c(N)cnn1C. The van der Waals surface area contributed by atoms with Crippen LogP contribution in [0, 0.1) is 0 Å². The van der Waals surface area contributed by atoms with Crippen molar-refractivity contribution in [1.82, 2.24) is 14.7 Å². The predicted octanol–water partition coefficient (Wildman–Crippen LogP) is 0.237. The molecular weight excluding hydrogens is 220 g/mol. The lowest BCUT2D eigenvalue weighted by Crippen LogP contribution is -2.36. The molecule has 0 aliphatic heterocycles. The summed E-state index contributed by atoms with van der Waals surface area (Å²) in [6.45, 7) is 2.96. The summed E-state index contributed by atoms with van der Waals surface area (Å²) in [5.74, 6) is -0.176. The lowest BCUT2D eigenvalue weighted by molar-refractivity contribution is 0.0709. The molecule has 0 saturated heterocycles. The Kier molecular flexibility index (Phi) is 4.96. The van der Waals surface area contributed by atoms with Crippen LogP contribution in [-0.2, 0) is 7.05 Å². The number of aliphatic hydroxyl groups excluding tert-OH is 1. The molecule has 0 bridgehead atoms. The van der Waals surface area contributed by atoms with Gasteiger partial charge in [-0.25, -0.2) is 0 Å². The second kappa shape index (κ2) is 6.24. The quantitative estimate of drug-likeness (QED) is 0.746. The van der Waals surface area contributed by atoms with E-state index in [4.69, 9.17) is 10.8 Å². The maximum Gasteiger partial charge on any atom is 0.274 e. The van der Waals surface area contributed by atoms with E-state index >= 15 is 0 Å². The molecule has 0 spiro atoms. The molecule has 96 valence electrons. The molecule has 0 fully saturated rings. The fraction of sp³-hybridized carbons (Fsp3) is 0.636. The van der Waals surface area contributed by atoms with E-state index in [0.717, 1.165) is 12.8 Å². The fourth-order valence-electron chi connectivity index (χ4n) is 1.65. The molecule has 6 heteroatoms. The smallest absolute Gasteiger partial charge is 0.274 e. The summed E-state index contributed by atoms with van der Waals surface area (Å²) < 4.78 is 1.47. The van der Waals surface area contributed by atoms with Gasteiger partial charge in [-0.1, -0.05) is 13.3 Å². The number of rotatable bonds is 6. The zero-order valence-electron chi connectivity index (χ0n) is 10.4. The number of aromatic nitrogens is 2. The van der Waals surface area contributed by atoms with E-state index in [1.54, 1.807) is 11.9 Å². The van der Waals surface area contributed by atoms with Gasteiger partial charge in [0.1, 0.15) is 5.69 Å². The number of amides is 1. The third-order valence-corrected chi connectivity index (χ3v) is 2.61. The van der Waals surface area contributed by atoms with Crippen LogP contribution in [0.3, 0.4) is 0 Å². The molecule has 0 radical (unpaired) electrons. The number of nitrogen functional groups attached to an aromatic ring is 1. The van der Waals surface area contributed by atoms with Crippen LogP contribution in [0.15, 0.2) is 6.20 Å². The molecule has 1 aromatic heterocycles. The predicted molar refractivity (Wildman–Crippen MR) is 65.5 cm³/mol. The van der Waals surface area contributed by atoms with Crippen molar-refractivity contribution >= 4 is 11.6 Å². The highest BCUT2D eigenvalue weighted by atomic mass is 16.3. The van der Waals surface area contributed by atoms with E-state index in [-0.39, 0.29) is 12.5 Å². The van der Waals surface area contributed by atoms with E-state index in [1.807, 2.05) is 0 Å². The van der Waals surface area contributed by atoms with Crippen molar-refractivity contribution in [2.75, 3.05) is 25.4 Å². The van der Waals surface area contributed by atoms with Gasteiger partial charge in [-0.2, -0.15) is 5.10 Å². The highest BCUT2D eigenvalue weighted by molar-refractivity contribution is 5.97. The summed E-state index contributed by atoms with van der Waals surface area (Å²) in [6.07, 6.45) is 3.36. The van der Waals surface area contributed by atoms with Crippen LogP contribution in [0.1, 0.15) is 30.3 Å². The van der Waals surface area contributed by atoms with Gasteiger partial charge < -0.3 is 15.7 Å². The van der Waals surface area contributed by atoms with Gasteiger partial charge in [0, 0.05) is 20.1 Å². The van der Waals surface area contributed by atoms with Crippen LogP contribution in [0.25, 0.3) is 0 Å². The molecule has 3 N–H and O–H groups in total. The summed E-state index contributed by atoms with van der Waals surface area (Å²) in [7, 11) is 1.68. The molecule has 1 rings (SSSR count). The maximum absolute atomic E-state index is 12.2. The van der Waals surface area contributed by atoms with Crippen LogP contribution < -0.4 is 5.73 Å². The highest BCUT2D eigenvalue weighted by Gasteiger charge is 2.20. The lowest BCUT2D eigenvalue weighted by atomic mass is 10.2. The lowest BCUT2D eigenvalue weighted by Gasteiger charge is -2.21. The number of hydrogen-bond acceptors (Lipinski definition) is 4. The second-order valence-electron chi connectivity index (χ2n) is 3.94. The molecule has 0 unspecified atom stereocenters. The molecule has 1 heterocycles.